The third-order valence-electron chi connectivity index (χ3n) is 2.24. The number of carbonyl (C=O) groups excluding carboxylic acids is 1. The zero-order valence-electron chi connectivity index (χ0n) is 8.49. The number of Topliss-reactive ketones (excluding diaryl/α,β-unsaturated/α-hetero) is 1. The molecule has 76 valence electrons. The molecule has 1 aromatic carbocycles. The number of hydrogen-bond donors (Lipinski definition) is 1. The van der Waals surface area contributed by atoms with E-state index >= 15 is 0 Å². The Hall–Kier alpha value is -1.15. The molecule has 1 aromatic rings. The molecule has 14 heavy (non-hydrogen) atoms. The fourth-order valence-electron chi connectivity index (χ4n) is 1.47. The molecule has 0 bridgehead atoms. The van der Waals surface area contributed by atoms with Crippen LogP contribution >= 0.6 is 0 Å². The molecule has 0 fully saturated rings. The fraction of sp³-hybridized carbons (Fsp3) is 0.417. The van der Waals surface area contributed by atoms with Gasteiger partial charge in [0.1, 0.15) is 0 Å². The summed E-state index contributed by atoms with van der Waals surface area (Å²) in [5, 5.41) is 8.73. The van der Waals surface area contributed by atoms with Crippen molar-refractivity contribution in [3.63, 3.8) is 0 Å². The number of hydrogen-bond acceptors (Lipinski definition) is 2. The summed E-state index contributed by atoms with van der Waals surface area (Å²) in [6.07, 6.45) is 2.03. The minimum absolute atomic E-state index is 0.175. The first-order valence-corrected chi connectivity index (χ1v) is 5.01. The number of benzene rings is 1. The van der Waals surface area contributed by atoms with Gasteiger partial charge in [-0.15, -0.1) is 0 Å². The number of aryl methyl sites for hydroxylation is 1. The Morgan fingerprint density at radius 2 is 2.07 bits per heavy atom. The normalized spacial score (nSPS) is 10.1. The smallest absolute Gasteiger partial charge is 0.162 e. The fourth-order valence-corrected chi connectivity index (χ4v) is 1.47. The average molecular weight is 192 g/mol. The van der Waals surface area contributed by atoms with Gasteiger partial charge >= 0.3 is 0 Å². The highest BCUT2D eigenvalue weighted by Crippen LogP contribution is 2.12. The third-order valence-corrected chi connectivity index (χ3v) is 2.24. The van der Waals surface area contributed by atoms with Crippen LogP contribution in [0.3, 0.4) is 0 Å². The minimum Gasteiger partial charge on any atom is -0.396 e. The van der Waals surface area contributed by atoms with Crippen LogP contribution in [0.25, 0.3) is 0 Å². The number of aliphatic hydroxyl groups excluding tert-OH is 1. The van der Waals surface area contributed by atoms with Crippen LogP contribution in [-0.2, 0) is 6.42 Å². The quantitative estimate of drug-likeness (QED) is 0.726. The minimum atomic E-state index is 0.175. The van der Waals surface area contributed by atoms with Crippen LogP contribution < -0.4 is 0 Å². The predicted molar refractivity (Wildman–Crippen MR) is 56.5 cm³/mol. The van der Waals surface area contributed by atoms with Gasteiger partial charge in [-0.05, 0) is 18.4 Å². The first-order chi connectivity index (χ1) is 6.79. The second-order valence-corrected chi connectivity index (χ2v) is 3.26. The molecule has 2 heteroatoms. The van der Waals surface area contributed by atoms with Crippen molar-refractivity contribution in [3.8, 4) is 0 Å². The maximum absolute atomic E-state index is 11.5. The molecular weight excluding hydrogens is 176 g/mol. The monoisotopic (exact) mass is 192 g/mol. The van der Waals surface area contributed by atoms with Gasteiger partial charge < -0.3 is 5.11 Å². The second kappa shape index (κ2) is 5.55. The highest BCUT2D eigenvalue weighted by atomic mass is 16.2. The van der Waals surface area contributed by atoms with Gasteiger partial charge in [-0.1, -0.05) is 31.2 Å². The Morgan fingerprint density at radius 3 is 2.71 bits per heavy atom. The maximum atomic E-state index is 11.5. The van der Waals surface area contributed by atoms with Crippen molar-refractivity contribution < 1.29 is 9.90 Å². The van der Waals surface area contributed by atoms with E-state index in [4.69, 9.17) is 5.11 Å². The Balaban J connectivity index is 2.85. The summed E-state index contributed by atoms with van der Waals surface area (Å²) in [6, 6.07) is 7.63. The number of carbonyl (C=O) groups is 1. The standard InChI is InChI=1S/C12H16O2/c1-2-12(14)11-8-4-3-6-10(11)7-5-9-13/h3-4,6,8,13H,2,5,7,9H2,1H3. The van der Waals surface area contributed by atoms with Gasteiger partial charge in [-0.2, -0.15) is 0 Å². The first kappa shape index (κ1) is 10.9. The van der Waals surface area contributed by atoms with Crippen LogP contribution in [0.1, 0.15) is 35.7 Å². The van der Waals surface area contributed by atoms with Crippen LogP contribution in [-0.4, -0.2) is 17.5 Å². The van der Waals surface area contributed by atoms with Gasteiger partial charge in [0.05, 0.1) is 0 Å². The highest BCUT2D eigenvalue weighted by molar-refractivity contribution is 5.97. The molecule has 0 atom stereocenters. The molecule has 0 aliphatic rings. The summed E-state index contributed by atoms with van der Waals surface area (Å²) in [4.78, 5) is 11.5. The van der Waals surface area contributed by atoms with E-state index in [-0.39, 0.29) is 12.4 Å². The molecule has 1 rings (SSSR count). The Labute approximate surface area is 84.6 Å². The number of aliphatic hydroxyl groups is 1. The molecule has 0 aliphatic carbocycles. The van der Waals surface area contributed by atoms with Crippen molar-refractivity contribution in [2.45, 2.75) is 26.2 Å². The van der Waals surface area contributed by atoms with Gasteiger partial charge in [-0.25, -0.2) is 0 Å². The molecule has 0 unspecified atom stereocenters. The predicted octanol–water partition coefficient (Wildman–Crippen LogP) is 2.20. The average Bonchev–Trinajstić information content (AvgIpc) is 2.25. The lowest BCUT2D eigenvalue weighted by molar-refractivity contribution is 0.0987. The second-order valence-electron chi connectivity index (χ2n) is 3.26. The summed E-state index contributed by atoms with van der Waals surface area (Å²) >= 11 is 0. The van der Waals surface area contributed by atoms with Crippen LogP contribution in [0.4, 0.5) is 0 Å². The zero-order chi connectivity index (χ0) is 10.4. The van der Waals surface area contributed by atoms with Crippen molar-refractivity contribution in [2.75, 3.05) is 6.61 Å². The summed E-state index contributed by atoms with van der Waals surface area (Å²) in [5.41, 5.74) is 1.86. The molecule has 0 aliphatic heterocycles. The Morgan fingerprint density at radius 1 is 1.36 bits per heavy atom. The molecule has 0 saturated carbocycles. The summed E-state index contributed by atoms with van der Waals surface area (Å²) in [6.45, 7) is 2.04. The topological polar surface area (TPSA) is 37.3 Å². The molecule has 1 N–H and O–H groups in total. The van der Waals surface area contributed by atoms with Gasteiger partial charge in [0, 0.05) is 18.6 Å². The Kier molecular flexibility index (Phi) is 4.33. The number of rotatable bonds is 5. The molecule has 0 radical (unpaired) electrons. The van der Waals surface area contributed by atoms with E-state index in [1.54, 1.807) is 0 Å². The van der Waals surface area contributed by atoms with E-state index in [1.165, 1.54) is 0 Å². The summed E-state index contributed by atoms with van der Waals surface area (Å²) in [7, 11) is 0. The maximum Gasteiger partial charge on any atom is 0.162 e. The van der Waals surface area contributed by atoms with Crippen molar-refractivity contribution >= 4 is 5.78 Å². The SMILES string of the molecule is CCC(=O)c1ccccc1CCCO. The molecule has 0 saturated heterocycles. The number of ketones is 1. The lowest BCUT2D eigenvalue weighted by Crippen LogP contribution is -2.02. The lowest BCUT2D eigenvalue weighted by Gasteiger charge is -2.06. The van der Waals surface area contributed by atoms with Crippen molar-refractivity contribution in [2.24, 2.45) is 0 Å². The van der Waals surface area contributed by atoms with E-state index in [9.17, 15) is 4.79 Å². The molecule has 0 amide bonds. The van der Waals surface area contributed by atoms with Gasteiger partial charge in [0.25, 0.3) is 0 Å². The molecule has 2 nitrogen and oxygen atoms in total. The summed E-state index contributed by atoms with van der Waals surface area (Å²) < 4.78 is 0. The van der Waals surface area contributed by atoms with Gasteiger partial charge in [-0.3, -0.25) is 4.79 Å². The third kappa shape index (κ3) is 2.67. The van der Waals surface area contributed by atoms with Crippen LogP contribution in [0.5, 0.6) is 0 Å². The van der Waals surface area contributed by atoms with Crippen molar-refractivity contribution in [1.82, 2.24) is 0 Å². The lowest BCUT2D eigenvalue weighted by atomic mass is 9.99. The molecule has 0 aromatic heterocycles. The first-order valence-electron chi connectivity index (χ1n) is 5.01. The molecule has 0 heterocycles. The van der Waals surface area contributed by atoms with Crippen molar-refractivity contribution in [1.29, 1.82) is 0 Å². The van der Waals surface area contributed by atoms with Crippen molar-refractivity contribution in [3.05, 3.63) is 35.4 Å². The zero-order valence-corrected chi connectivity index (χ0v) is 8.49. The van der Waals surface area contributed by atoms with E-state index in [0.717, 1.165) is 17.5 Å². The Bertz CT molecular complexity index is 305. The van der Waals surface area contributed by atoms with E-state index in [0.29, 0.717) is 12.8 Å². The van der Waals surface area contributed by atoms with E-state index < -0.39 is 0 Å². The largest absolute Gasteiger partial charge is 0.396 e. The van der Waals surface area contributed by atoms with Gasteiger partial charge in [0.2, 0.25) is 0 Å². The van der Waals surface area contributed by atoms with E-state index in [2.05, 4.69) is 0 Å². The van der Waals surface area contributed by atoms with Crippen LogP contribution in [0, 0.1) is 0 Å². The molecule has 0 spiro atoms. The van der Waals surface area contributed by atoms with E-state index in [1.807, 2.05) is 31.2 Å². The summed E-state index contributed by atoms with van der Waals surface area (Å²) in [5.74, 6) is 0.179. The highest BCUT2D eigenvalue weighted by Gasteiger charge is 2.07. The van der Waals surface area contributed by atoms with Crippen LogP contribution in [0.2, 0.25) is 0 Å². The molecular formula is C12H16O2. The van der Waals surface area contributed by atoms with Crippen LogP contribution in [0.15, 0.2) is 24.3 Å². The van der Waals surface area contributed by atoms with Gasteiger partial charge in [0.15, 0.2) is 5.78 Å².